The number of sulfonamides is 1. The summed E-state index contributed by atoms with van der Waals surface area (Å²) in [5.41, 5.74) is 0. The van der Waals surface area contributed by atoms with E-state index < -0.39 is 10.0 Å². The molecule has 8 nitrogen and oxygen atoms in total. The molecule has 1 aliphatic heterocycles. The molecule has 0 saturated carbocycles. The van der Waals surface area contributed by atoms with Gasteiger partial charge in [-0.15, -0.1) is 0 Å². The number of nitrogens with zero attached hydrogens (tertiary/aromatic N) is 6. The third-order valence-electron chi connectivity index (χ3n) is 4.79. The summed E-state index contributed by atoms with van der Waals surface area (Å²) >= 11 is 5.83. The summed E-state index contributed by atoms with van der Waals surface area (Å²) in [4.78, 5) is 14.7. The van der Waals surface area contributed by atoms with Crippen molar-refractivity contribution in [3.8, 4) is 0 Å². The zero-order chi connectivity index (χ0) is 18.9. The van der Waals surface area contributed by atoms with E-state index in [-0.39, 0.29) is 11.1 Å². The Hall–Kier alpha value is -1.71. The van der Waals surface area contributed by atoms with Crippen LogP contribution >= 0.6 is 11.6 Å². The van der Waals surface area contributed by atoms with Gasteiger partial charge in [-0.25, -0.2) is 23.4 Å². The summed E-state index contributed by atoms with van der Waals surface area (Å²) in [6.07, 6.45) is 6.15. The minimum Gasteiger partial charge on any atom is -0.341 e. The number of aryl methyl sites for hydroxylation is 2. The van der Waals surface area contributed by atoms with E-state index in [2.05, 4.69) is 15.0 Å². The summed E-state index contributed by atoms with van der Waals surface area (Å²) < 4.78 is 29.1. The molecule has 0 spiro atoms. The largest absolute Gasteiger partial charge is 0.341 e. The zero-order valence-electron chi connectivity index (χ0n) is 15.1. The number of anilines is 1. The first-order chi connectivity index (χ1) is 12.3. The van der Waals surface area contributed by atoms with Gasteiger partial charge in [-0.1, -0.05) is 11.6 Å². The van der Waals surface area contributed by atoms with Crippen LogP contribution in [0, 0.1) is 6.92 Å². The number of rotatable bonds is 5. The van der Waals surface area contributed by atoms with E-state index in [1.807, 2.05) is 30.4 Å². The molecule has 0 aliphatic carbocycles. The standard InChI is InChI=1S/C16H23ClN6O2S/c1-4-22-11-15(20-12(22)2)26(24,25)23-7-5-14(6-8-23)21(3)16-18-9-13(17)10-19-16/h9-11,14H,4-8H2,1-3H3. The summed E-state index contributed by atoms with van der Waals surface area (Å²) in [6.45, 7) is 5.37. The molecule has 10 heteroatoms. The van der Waals surface area contributed by atoms with Gasteiger partial charge in [0.1, 0.15) is 5.82 Å². The Morgan fingerprint density at radius 3 is 2.42 bits per heavy atom. The molecule has 1 saturated heterocycles. The predicted molar refractivity (Wildman–Crippen MR) is 99.9 cm³/mol. The van der Waals surface area contributed by atoms with Crippen molar-refractivity contribution in [3.05, 3.63) is 29.4 Å². The molecule has 3 heterocycles. The van der Waals surface area contributed by atoms with Crippen molar-refractivity contribution in [1.29, 1.82) is 0 Å². The summed E-state index contributed by atoms with van der Waals surface area (Å²) in [5.74, 6) is 1.30. The Labute approximate surface area is 158 Å². The highest BCUT2D eigenvalue weighted by Crippen LogP contribution is 2.24. The predicted octanol–water partition coefficient (Wildman–Crippen LogP) is 1.94. The lowest BCUT2D eigenvalue weighted by atomic mass is 10.1. The van der Waals surface area contributed by atoms with Crippen LogP contribution in [0.2, 0.25) is 5.02 Å². The number of hydrogen-bond donors (Lipinski definition) is 0. The lowest BCUT2D eigenvalue weighted by molar-refractivity contribution is 0.312. The molecule has 1 aliphatic rings. The average Bonchev–Trinajstić information content (AvgIpc) is 3.03. The molecule has 2 aromatic rings. The molecular weight excluding hydrogens is 376 g/mol. The fourth-order valence-electron chi connectivity index (χ4n) is 3.18. The van der Waals surface area contributed by atoms with Crippen molar-refractivity contribution in [3.63, 3.8) is 0 Å². The monoisotopic (exact) mass is 398 g/mol. The molecule has 0 unspecified atom stereocenters. The summed E-state index contributed by atoms with van der Waals surface area (Å²) in [6, 6.07) is 0.178. The van der Waals surface area contributed by atoms with E-state index in [4.69, 9.17) is 11.6 Å². The van der Waals surface area contributed by atoms with Crippen LogP contribution in [-0.4, -0.2) is 58.4 Å². The van der Waals surface area contributed by atoms with Crippen molar-refractivity contribution < 1.29 is 8.42 Å². The molecule has 0 atom stereocenters. The second-order valence-electron chi connectivity index (χ2n) is 6.36. The van der Waals surface area contributed by atoms with Crippen LogP contribution in [0.5, 0.6) is 0 Å². The Morgan fingerprint density at radius 1 is 1.27 bits per heavy atom. The number of imidazole rings is 1. The van der Waals surface area contributed by atoms with E-state index in [1.54, 1.807) is 18.6 Å². The van der Waals surface area contributed by atoms with Crippen molar-refractivity contribution >= 4 is 27.6 Å². The van der Waals surface area contributed by atoms with Gasteiger partial charge in [0, 0.05) is 38.9 Å². The van der Waals surface area contributed by atoms with E-state index in [9.17, 15) is 8.42 Å². The Balaban J connectivity index is 1.68. The van der Waals surface area contributed by atoms with Crippen LogP contribution in [0.4, 0.5) is 5.95 Å². The van der Waals surface area contributed by atoms with Crippen molar-refractivity contribution in [2.75, 3.05) is 25.0 Å². The van der Waals surface area contributed by atoms with Gasteiger partial charge in [-0.05, 0) is 26.7 Å². The smallest absolute Gasteiger partial charge is 0.262 e. The summed E-state index contributed by atoms with van der Waals surface area (Å²) in [7, 11) is -1.64. The van der Waals surface area contributed by atoms with Gasteiger partial charge in [-0.3, -0.25) is 0 Å². The second kappa shape index (κ2) is 7.50. The fraction of sp³-hybridized carbons (Fsp3) is 0.562. The van der Waals surface area contributed by atoms with Crippen molar-refractivity contribution in [2.24, 2.45) is 0 Å². The Bertz CT molecular complexity index is 859. The van der Waals surface area contributed by atoms with E-state index in [1.165, 1.54) is 4.31 Å². The molecule has 142 valence electrons. The number of aromatic nitrogens is 4. The van der Waals surface area contributed by atoms with Crippen LogP contribution in [0.1, 0.15) is 25.6 Å². The minimum atomic E-state index is -3.56. The molecule has 26 heavy (non-hydrogen) atoms. The van der Waals surface area contributed by atoms with E-state index in [0.717, 1.165) is 0 Å². The molecule has 0 N–H and O–H groups in total. The van der Waals surface area contributed by atoms with Crippen LogP contribution < -0.4 is 4.90 Å². The second-order valence-corrected chi connectivity index (χ2v) is 8.68. The van der Waals surface area contributed by atoms with Crippen LogP contribution in [0.15, 0.2) is 23.6 Å². The number of piperidine rings is 1. The third kappa shape index (κ3) is 3.70. The van der Waals surface area contributed by atoms with Crippen molar-refractivity contribution in [1.82, 2.24) is 23.8 Å². The normalized spacial score (nSPS) is 16.8. The third-order valence-corrected chi connectivity index (χ3v) is 6.76. The van der Waals surface area contributed by atoms with Crippen LogP contribution in [-0.2, 0) is 16.6 Å². The lowest BCUT2D eigenvalue weighted by Gasteiger charge is -2.35. The van der Waals surface area contributed by atoms with Gasteiger partial charge in [0.05, 0.1) is 17.4 Å². The maximum Gasteiger partial charge on any atom is 0.262 e. The molecule has 1 fully saturated rings. The molecular formula is C16H23ClN6O2S. The van der Waals surface area contributed by atoms with Gasteiger partial charge in [0.25, 0.3) is 10.0 Å². The lowest BCUT2D eigenvalue weighted by Crippen LogP contribution is -2.46. The van der Waals surface area contributed by atoms with Gasteiger partial charge in [0.15, 0.2) is 5.03 Å². The van der Waals surface area contributed by atoms with Gasteiger partial charge < -0.3 is 9.47 Å². The molecule has 3 rings (SSSR count). The first-order valence-corrected chi connectivity index (χ1v) is 10.4. The zero-order valence-corrected chi connectivity index (χ0v) is 16.7. The number of halogens is 1. The molecule has 0 radical (unpaired) electrons. The van der Waals surface area contributed by atoms with Gasteiger partial charge in [-0.2, -0.15) is 4.31 Å². The molecule has 2 aromatic heterocycles. The number of hydrogen-bond acceptors (Lipinski definition) is 6. The SMILES string of the molecule is CCn1cc(S(=O)(=O)N2CCC(N(C)c3ncc(Cl)cn3)CC2)nc1C. The Morgan fingerprint density at radius 2 is 1.88 bits per heavy atom. The molecule has 0 aromatic carbocycles. The highest BCUT2D eigenvalue weighted by atomic mass is 35.5. The van der Waals surface area contributed by atoms with Crippen LogP contribution in [0.25, 0.3) is 0 Å². The average molecular weight is 399 g/mol. The molecule has 0 amide bonds. The Kier molecular flexibility index (Phi) is 5.50. The van der Waals surface area contributed by atoms with E-state index in [0.29, 0.717) is 49.3 Å². The maximum atomic E-state index is 12.8. The van der Waals surface area contributed by atoms with Gasteiger partial charge >= 0.3 is 0 Å². The topological polar surface area (TPSA) is 84.2 Å². The maximum absolute atomic E-state index is 12.8. The van der Waals surface area contributed by atoms with E-state index >= 15 is 0 Å². The first kappa shape index (κ1) is 19.1. The molecule has 0 bridgehead atoms. The van der Waals surface area contributed by atoms with Crippen molar-refractivity contribution in [2.45, 2.75) is 44.3 Å². The quantitative estimate of drug-likeness (QED) is 0.765. The summed E-state index contributed by atoms with van der Waals surface area (Å²) in [5, 5.41) is 0.620. The fourth-order valence-corrected chi connectivity index (χ4v) is 4.74. The highest BCUT2D eigenvalue weighted by molar-refractivity contribution is 7.89. The first-order valence-electron chi connectivity index (χ1n) is 8.57. The van der Waals surface area contributed by atoms with Gasteiger partial charge in [0.2, 0.25) is 5.95 Å². The van der Waals surface area contributed by atoms with Crippen LogP contribution in [0.3, 0.4) is 0 Å². The highest BCUT2D eigenvalue weighted by Gasteiger charge is 2.33. The minimum absolute atomic E-state index is 0.129.